The molecule has 2 saturated heterocycles. The number of methoxy groups -OCH3 is 2. The van der Waals surface area contributed by atoms with Gasteiger partial charge in [0.1, 0.15) is 11.5 Å². The molecule has 2 aliphatic carbocycles. The number of carboxylic acid groups (broad SMARTS) is 1. The molecule has 6 aromatic rings. The van der Waals surface area contributed by atoms with Gasteiger partial charge in [-0.25, -0.2) is 9.59 Å². The van der Waals surface area contributed by atoms with Gasteiger partial charge in [0.15, 0.2) is 0 Å². The van der Waals surface area contributed by atoms with Crippen LogP contribution >= 0.6 is 0 Å². The second-order valence-corrected chi connectivity index (χ2v) is 15.2. The Morgan fingerprint density at radius 1 is 0.500 bits per heavy atom. The minimum Gasteiger partial charge on any atom is -0.497 e. The van der Waals surface area contributed by atoms with E-state index < -0.39 is 34.3 Å². The molecule has 6 aromatic carbocycles. The average Bonchev–Trinajstić information content (AvgIpc) is 3.74. The molecule has 0 unspecified atom stereocenters. The molecule has 4 aliphatic rings. The molecule has 0 atom stereocenters. The molecule has 2 heterocycles. The molecule has 2 spiro atoms. The van der Waals surface area contributed by atoms with E-state index in [9.17, 15) is 14.7 Å². The van der Waals surface area contributed by atoms with Gasteiger partial charge in [0.2, 0.25) is 0 Å². The number of carbonyl (C=O) groups excluding carboxylic acids is 1. The predicted octanol–water partition coefficient (Wildman–Crippen LogP) is 8.37. The lowest BCUT2D eigenvalue weighted by molar-refractivity contribution is -0.290. The molecule has 2 fully saturated rings. The first-order chi connectivity index (χ1) is 29.2. The third-order valence-electron chi connectivity index (χ3n) is 12.2. The summed E-state index contributed by atoms with van der Waals surface area (Å²) in [6, 6.07) is 46.8. The van der Waals surface area contributed by atoms with Gasteiger partial charge in [-0.05, 0) is 100.0 Å². The van der Waals surface area contributed by atoms with Gasteiger partial charge < -0.3 is 38.3 Å². The van der Waals surface area contributed by atoms with Crippen LogP contribution in [0, 0.1) is 0 Å². The van der Waals surface area contributed by atoms with Crippen molar-refractivity contribution in [2.45, 2.75) is 29.3 Å². The predicted molar refractivity (Wildman–Crippen MR) is 223 cm³/mol. The Morgan fingerprint density at radius 2 is 0.817 bits per heavy atom. The van der Waals surface area contributed by atoms with E-state index in [1.54, 1.807) is 69.7 Å². The van der Waals surface area contributed by atoms with Crippen LogP contribution in [0.5, 0.6) is 11.5 Å². The number of benzene rings is 6. The molecule has 2 aliphatic heterocycles. The summed E-state index contributed by atoms with van der Waals surface area (Å²) in [4.78, 5) is 25.3. The monoisotopic (exact) mass is 804 g/mol. The Labute approximate surface area is 348 Å². The Bertz CT molecular complexity index is 2450. The lowest BCUT2D eigenvalue weighted by Crippen LogP contribution is -2.54. The number of hydrogen-bond acceptors (Lipinski definition) is 9. The van der Waals surface area contributed by atoms with Crippen LogP contribution in [-0.4, -0.2) is 64.3 Å². The number of ether oxygens (including phenoxy) is 7. The fourth-order valence-corrected chi connectivity index (χ4v) is 9.18. The Kier molecular flexibility index (Phi) is 10.0. The van der Waals surface area contributed by atoms with E-state index >= 15 is 0 Å². The summed E-state index contributed by atoms with van der Waals surface area (Å²) in [5.41, 5.74) is 9.17. The van der Waals surface area contributed by atoms with Crippen LogP contribution in [0.15, 0.2) is 146 Å². The summed E-state index contributed by atoms with van der Waals surface area (Å²) in [6.45, 7) is 3.02. The van der Waals surface area contributed by atoms with Crippen molar-refractivity contribution in [1.29, 1.82) is 0 Å². The molecule has 60 heavy (non-hydrogen) atoms. The molecule has 0 amide bonds. The largest absolute Gasteiger partial charge is 0.497 e. The van der Waals surface area contributed by atoms with Gasteiger partial charge in [0.05, 0.1) is 58.1 Å². The molecule has 1 N–H and O–H groups in total. The van der Waals surface area contributed by atoms with Gasteiger partial charge in [-0.15, -0.1) is 0 Å². The van der Waals surface area contributed by atoms with Crippen LogP contribution in [0.1, 0.15) is 40.3 Å². The molecule has 10 rings (SSSR count). The van der Waals surface area contributed by atoms with Crippen LogP contribution in [0.4, 0.5) is 0 Å². The van der Waals surface area contributed by atoms with Gasteiger partial charge >= 0.3 is 11.9 Å². The second kappa shape index (κ2) is 15.4. The van der Waals surface area contributed by atoms with Crippen molar-refractivity contribution >= 4 is 11.9 Å². The number of esters is 1. The SMILES string of the molecule is CCOC(=O)C1(c2ccc(OC)cc2)OCC2(CO1)c1ccccc1-c1ccccc12.COc1ccc(C2(C(=O)O)OCC3(CO2)c2ccccc2-c2ccccc23)cc1. The van der Waals surface area contributed by atoms with Crippen molar-refractivity contribution in [3.8, 4) is 33.8 Å². The van der Waals surface area contributed by atoms with Crippen molar-refractivity contribution < 1.29 is 47.9 Å². The standard InChI is InChI=1S/C26H24O5.C24H20O5/c1-3-29-24(27)26(18-12-14-19(28-2)15-13-18)30-16-25(17-31-26)22-10-6-4-8-20(22)21-9-5-7-11-23(21)25;1-27-17-12-10-16(11-13-17)24(22(25)26)28-14-23(15-29-24)20-8-4-2-6-18(20)19-7-3-5-9-21(19)23/h4-15H,3,16-17H2,1-2H3;2-13H,14-15H2,1H3,(H,25,26). The summed E-state index contributed by atoms with van der Waals surface area (Å²) in [5.74, 6) is -3.84. The smallest absolute Gasteiger partial charge is 0.372 e. The molecule has 10 heteroatoms. The number of carbonyl (C=O) groups is 2. The van der Waals surface area contributed by atoms with E-state index in [0.717, 1.165) is 33.4 Å². The maximum absolute atomic E-state index is 13.1. The van der Waals surface area contributed by atoms with E-state index in [1.807, 2.05) is 48.5 Å². The van der Waals surface area contributed by atoms with Crippen LogP contribution in [0.2, 0.25) is 0 Å². The van der Waals surface area contributed by atoms with Crippen molar-refractivity contribution in [3.05, 3.63) is 179 Å². The third kappa shape index (κ3) is 6.01. The molecule has 0 radical (unpaired) electrons. The van der Waals surface area contributed by atoms with Crippen LogP contribution in [0.25, 0.3) is 22.3 Å². The topological polar surface area (TPSA) is 119 Å². The minimum atomic E-state index is -1.84. The van der Waals surface area contributed by atoms with E-state index in [4.69, 9.17) is 33.2 Å². The number of rotatable bonds is 7. The van der Waals surface area contributed by atoms with Crippen LogP contribution in [0.3, 0.4) is 0 Å². The second-order valence-electron chi connectivity index (χ2n) is 15.2. The van der Waals surface area contributed by atoms with E-state index in [1.165, 1.54) is 11.1 Å². The quantitative estimate of drug-likeness (QED) is 0.158. The first-order valence-electron chi connectivity index (χ1n) is 19.9. The van der Waals surface area contributed by atoms with Gasteiger partial charge in [-0.3, -0.25) is 0 Å². The van der Waals surface area contributed by atoms with E-state index in [-0.39, 0.29) is 19.8 Å². The zero-order chi connectivity index (χ0) is 41.5. The molecule has 0 bridgehead atoms. The van der Waals surface area contributed by atoms with Crippen LogP contribution in [-0.2, 0) is 55.7 Å². The van der Waals surface area contributed by atoms with Crippen molar-refractivity contribution in [1.82, 2.24) is 0 Å². The average molecular weight is 805 g/mol. The van der Waals surface area contributed by atoms with Crippen molar-refractivity contribution in [2.75, 3.05) is 47.3 Å². The molecule has 0 saturated carbocycles. The number of aliphatic carboxylic acids is 1. The molecule has 0 aromatic heterocycles. The van der Waals surface area contributed by atoms with Gasteiger partial charge in [-0.1, -0.05) is 97.1 Å². The Balaban J connectivity index is 0.000000154. The molecular weight excluding hydrogens is 761 g/mol. The summed E-state index contributed by atoms with van der Waals surface area (Å²) in [6.07, 6.45) is 0. The highest BCUT2D eigenvalue weighted by Crippen LogP contribution is 2.54. The maximum atomic E-state index is 13.1. The van der Waals surface area contributed by atoms with Crippen molar-refractivity contribution in [3.63, 3.8) is 0 Å². The zero-order valence-electron chi connectivity index (χ0n) is 33.5. The first kappa shape index (κ1) is 39.2. The number of carboxylic acids is 1. The Morgan fingerprint density at radius 3 is 1.13 bits per heavy atom. The lowest BCUT2D eigenvalue weighted by Gasteiger charge is -2.44. The summed E-state index contributed by atoms with van der Waals surface area (Å²) in [5, 5.41) is 10.0. The summed E-state index contributed by atoms with van der Waals surface area (Å²) in [7, 11) is 3.16. The summed E-state index contributed by atoms with van der Waals surface area (Å²) < 4.78 is 40.7. The highest BCUT2D eigenvalue weighted by molar-refractivity contribution is 5.84. The highest BCUT2D eigenvalue weighted by atomic mass is 16.7. The Hall–Kier alpha value is -6.30. The highest BCUT2D eigenvalue weighted by Gasteiger charge is 2.57. The number of fused-ring (bicyclic) bond motifs is 10. The van der Waals surface area contributed by atoms with Gasteiger partial charge in [-0.2, -0.15) is 0 Å². The van der Waals surface area contributed by atoms with Gasteiger partial charge in [0, 0.05) is 11.1 Å². The summed E-state index contributed by atoms with van der Waals surface area (Å²) >= 11 is 0. The normalized spacial score (nSPS) is 19.4. The van der Waals surface area contributed by atoms with E-state index in [0.29, 0.717) is 35.8 Å². The molecule has 10 nitrogen and oxygen atoms in total. The maximum Gasteiger partial charge on any atom is 0.372 e. The zero-order valence-corrected chi connectivity index (χ0v) is 33.5. The number of hydrogen-bond donors (Lipinski definition) is 1. The van der Waals surface area contributed by atoms with Gasteiger partial charge in [0.25, 0.3) is 11.6 Å². The minimum absolute atomic E-state index is 0.208. The fourth-order valence-electron chi connectivity index (χ4n) is 9.18. The molecule has 304 valence electrons. The third-order valence-corrected chi connectivity index (χ3v) is 12.2. The van der Waals surface area contributed by atoms with E-state index in [2.05, 4.69) is 48.5 Å². The fraction of sp³-hybridized carbons (Fsp3) is 0.240. The lowest BCUT2D eigenvalue weighted by atomic mass is 9.78. The molecular formula is C50H44O10. The van der Waals surface area contributed by atoms with Crippen molar-refractivity contribution in [2.24, 2.45) is 0 Å². The van der Waals surface area contributed by atoms with Crippen LogP contribution < -0.4 is 9.47 Å². The first-order valence-corrected chi connectivity index (χ1v) is 19.9.